The maximum atomic E-state index is 12.4. The summed E-state index contributed by atoms with van der Waals surface area (Å²) in [5.74, 6) is -1.34. The van der Waals surface area contributed by atoms with Crippen molar-refractivity contribution in [3.8, 4) is 0 Å². The molecule has 2 aromatic rings. The molecule has 1 atom stereocenters. The number of carboxylic acids is 1. The van der Waals surface area contributed by atoms with Gasteiger partial charge in [-0.25, -0.2) is 9.48 Å². The molecule has 1 fully saturated rings. The first-order valence-electron chi connectivity index (χ1n) is 7.13. The van der Waals surface area contributed by atoms with E-state index in [0.717, 1.165) is 5.56 Å². The molecule has 0 radical (unpaired) electrons. The van der Waals surface area contributed by atoms with Gasteiger partial charge in [-0.15, -0.1) is 5.10 Å². The summed E-state index contributed by atoms with van der Waals surface area (Å²) in [4.78, 5) is 24.9. The van der Waals surface area contributed by atoms with E-state index in [1.165, 1.54) is 4.90 Å². The summed E-state index contributed by atoms with van der Waals surface area (Å²) < 4.78 is 1.58. The molecule has 1 aliphatic rings. The Morgan fingerprint density at radius 3 is 2.77 bits per heavy atom. The molecule has 1 saturated heterocycles. The zero-order valence-corrected chi connectivity index (χ0v) is 11.9. The van der Waals surface area contributed by atoms with Crippen molar-refractivity contribution in [3.05, 3.63) is 47.8 Å². The molecule has 114 valence electrons. The number of rotatable bonds is 4. The van der Waals surface area contributed by atoms with E-state index in [1.54, 1.807) is 10.9 Å². The number of hydrogen-bond donors (Lipinski definition) is 1. The van der Waals surface area contributed by atoms with Crippen molar-refractivity contribution < 1.29 is 14.7 Å². The van der Waals surface area contributed by atoms with Crippen LogP contribution >= 0.6 is 0 Å². The second-order valence-corrected chi connectivity index (χ2v) is 5.28. The molecule has 7 nitrogen and oxygen atoms in total. The third kappa shape index (κ3) is 2.83. The number of aromatic nitrogens is 3. The second-order valence-electron chi connectivity index (χ2n) is 5.28. The van der Waals surface area contributed by atoms with Gasteiger partial charge in [-0.2, -0.15) is 0 Å². The number of nitrogens with zero attached hydrogens (tertiary/aromatic N) is 4. The average Bonchev–Trinajstić information content (AvgIpc) is 3.16. The van der Waals surface area contributed by atoms with Gasteiger partial charge in [-0.3, -0.25) is 4.79 Å². The lowest BCUT2D eigenvalue weighted by Gasteiger charge is -2.19. The SMILES string of the molecule is O=C(O)[C@@H]1CCCN1C(=O)c1cn(Cc2ccccc2)nn1. The monoisotopic (exact) mass is 300 g/mol. The number of benzene rings is 1. The zero-order chi connectivity index (χ0) is 15.5. The van der Waals surface area contributed by atoms with E-state index in [0.29, 0.717) is 25.9 Å². The van der Waals surface area contributed by atoms with Crippen LogP contribution in [-0.4, -0.2) is 49.5 Å². The number of carbonyl (C=O) groups is 2. The highest BCUT2D eigenvalue weighted by Crippen LogP contribution is 2.19. The summed E-state index contributed by atoms with van der Waals surface area (Å²) in [5, 5.41) is 17.0. The second kappa shape index (κ2) is 5.97. The van der Waals surface area contributed by atoms with Crippen molar-refractivity contribution in [2.24, 2.45) is 0 Å². The van der Waals surface area contributed by atoms with Gasteiger partial charge in [0.1, 0.15) is 6.04 Å². The number of amides is 1. The molecular weight excluding hydrogens is 284 g/mol. The van der Waals surface area contributed by atoms with Crippen LogP contribution in [0.1, 0.15) is 28.9 Å². The highest BCUT2D eigenvalue weighted by molar-refractivity contribution is 5.95. The first-order chi connectivity index (χ1) is 10.6. The number of carbonyl (C=O) groups excluding carboxylic acids is 1. The molecule has 1 aliphatic heterocycles. The summed E-state index contributed by atoms with van der Waals surface area (Å²) in [6, 6.07) is 8.96. The van der Waals surface area contributed by atoms with Crippen LogP contribution in [0.25, 0.3) is 0 Å². The van der Waals surface area contributed by atoms with E-state index < -0.39 is 12.0 Å². The fourth-order valence-corrected chi connectivity index (χ4v) is 2.66. The van der Waals surface area contributed by atoms with Crippen LogP contribution < -0.4 is 0 Å². The number of aliphatic carboxylic acids is 1. The standard InChI is InChI=1S/C15H16N4O3/c20-14(19-8-4-7-13(19)15(21)22)12-10-18(17-16-12)9-11-5-2-1-3-6-11/h1-3,5-6,10,13H,4,7-9H2,(H,21,22)/t13-/m0/s1. The number of likely N-dealkylation sites (tertiary alicyclic amines) is 1. The highest BCUT2D eigenvalue weighted by Gasteiger charge is 2.35. The Balaban J connectivity index is 1.73. The maximum Gasteiger partial charge on any atom is 0.326 e. The largest absolute Gasteiger partial charge is 0.480 e. The highest BCUT2D eigenvalue weighted by atomic mass is 16.4. The van der Waals surface area contributed by atoms with Crippen LogP contribution in [0.4, 0.5) is 0 Å². The van der Waals surface area contributed by atoms with Gasteiger partial charge >= 0.3 is 5.97 Å². The number of hydrogen-bond acceptors (Lipinski definition) is 4. The van der Waals surface area contributed by atoms with Crippen molar-refractivity contribution >= 4 is 11.9 Å². The zero-order valence-electron chi connectivity index (χ0n) is 11.9. The molecular formula is C15H16N4O3. The summed E-state index contributed by atoms with van der Waals surface area (Å²) in [5.41, 5.74) is 1.24. The summed E-state index contributed by atoms with van der Waals surface area (Å²) in [7, 11) is 0. The Bertz CT molecular complexity index is 683. The summed E-state index contributed by atoms with van der Waals surface area (Å²) in [6.45, 7) is 0.963. The minimum Gasteiger partial charge on any atom is -0.480 e. The van der Waals surface area contributed by atoms with Gasteiger partial charge in [0.05, 0.1) is 12.7 Å². The van der Waals surface area contributed by atoms with Crippen LogP contribution in [0.5, 0.6) is 0 Å². The topological polar surface area (TPSA) is 88.3 Å². The van der Waals surface area contributed by atoms with Gasteiger partial charge < -0.3 is 10.0 Å². The first-order valence-corrected chi connectivity index (χ1v) is 7.13. The predicted octanol–water partition coefficient (Wildman–Crippen LogP) is 1.02. The lowest BCUT2D eigenvalue weighted by molar-refractivity contribution is -0.141. The van der Waals surface area contributed by atoms with Crippen LogP contribution in [0.2, 0.25) is 0 Å². The molecule has 1 aromatic carbocycles. The van der Waals surface area contributed by atoms with Gasteiger partial charge in [0.15, 0.2) is 5.69 Å². The summed E-state index contributed by atoms with van der Waals surface area (Å²) >= 11 is 0. The quantitative estimate of drug-likeness (QED) is 0.910. The molecule has 2 heterocycles. The molecule has 0 saturated carbocycles. The van der Waals surface area contributed by atoms with Crippen molar-refractivity contribution in [1.82, 2.24) is 19.9 Å². The van der Waals surface area contributed by atoms with Crippen molar-refractivity contribution in [1.29, 1.82) is 0 Å². The Labute approximate surface area is 127 Å². The molecule has 0 unspecified atom stereocenters. The Morgan fingerprint density at radius 2 is 2.05 bits per heavy atom. The maximum absolute atomic E-state index is 12.4. The van der Waals surface area contributed by atoms with Crippen molar-refractivity contribution in [2.45, 2.75) is 25.4 Å². The lowest BCUT2D eigenvalue weighted by atomic mass is 10.2. The van der Waals surface area contributed by atoms with Gasteiger partial charge in [0.25, 0.3) is 5.91 Å². The van der Waals surface area contributed by atoms with Gasteiger partial charge in [0.2, 0.25) is 0 Å². The van der Waals surface area contributed by atoms with Crippen LogP contribution in [0.3, 0.4) is 0 Å². The van der Waals surface area contributed by atoms with E-state index in [-0.39, 0.29) is 11.6 Å². The smallest absolute Gasteiger partial charge is 0.326 e. The molecule has 0 aliphatic carbocycles. The molecule has 0 spiro atoms. The Hall–Kier alpha value is -2.70. The van der Waals surface area contributed by atoms with Gasteiger partial charge in [0, 0.05) is 6.54 Å². The van der Waals surface area contributed by atoms with E-state index in [1.807, 2.05) is 30.3 Å². The summed E-state index contributed by atoms with van der Waals surface area (Å²) in [6.07, 6.45) is 2.74. The fourth-order valence-electron chi connectivity index (χ4n) is 2.66. The molecule has 3 rings (SSSR count). The average molecular weight is 300 g/mol. The lowest BCUT2D eigenvalue weighted by Crippen LogP contribution is -2.40. The van der Waals surface area contributed by atoms with Crippen molar-refractivity contribution in [2.75, 3.05) is 6.54 Å². The van der Waals surface area contributed by atoms with E-state index in [9.17, 15) is 9.59 Å². The van der Waals surface area contributed by atoms with Crippen molar-refractivity contribution in [3.63, 3.8) is 0 Å². The van der Waals surface area contributed by atoms with Crippen LogP contribution in [-0.2, 0) is 11.3 Å². The van der Waals surface area contributed by atoms with E-state index >= 15 is 0 Å². The first kappa shape index (κ1) is 14.2. The van der Waals surface area contributed by atoms with Gasteiger partial charge in [-0.05, 0) is 18.4 Å². The van der Waals surface area contributed by atoms with Gasteiger partial charge in [-0.1, -0.05) is 35.5 Å². The molecule has 1 N–H and O–H groups in total. The normalized spacial score (nSPS) is 17.6. The Morgan fingerprint density at radius 1 is 1.27 bits per heavy atom. The molecule has 0 bridgehead atoms. The Kier molecular flexibility index (Phi) is 3.86. The molecule has 1 aromatic heterocycles. The van der Waals surface area contributed by atoms with E-state index in [4.69, 9.17) is 5.11 Å². The van der Waals surface area contributed by atoms with E-state index in [2.05, 4.69) is 10.3 Å². The number of carboxylic acid groups (broad SMARTS) is 1. The fraction of sp³-hybridized carbons (Fsp3) is 0.333. The minimum atomic E-state index is -0.970. The molecule has 7 heteroatoms. The molecule has 22 heavy (non-hydrogen) atoms. The third-order valence-electron chi connectivity index (χ3n) is 3.74. The van der Waals surface area contributed by atoms with Crippen LogP contribution in [0, 0.1) is 0 Å². The minimum absolute atomic E-state index is 0.184. The van der Waals surface area contributed by atoms with Crippen LogP contribution in [0.15, 0.2) is 36.5 Å². The molecule has 1 amide bonds. The third-order valence-corrected chi connectivity index (χ3v) is 3.74. The predicted molar refractivity (Wildman–Crippen MR) is 77.3 cm³/mol.